The Kier molecular flexibility index (Phi) is 5.08. The Labute approximate surface area is 130 Å². The average Bonchev–Trinajstić information content (AvgIpc) is 2.47. The van der Waals surface area contributed by atoms with E-state index in [-0.39, 0.29) is 5.91 Å². The normalized spacial score (nSPS) is 17.3. The number of amides is 1. The van der Waals surface area contributed by atoms with Crippen LogP contribution in [0.1, 0.15) is 12.8 Å². The number of nitrogens with zero attached hydrogens (tertiary/aromatic N) is 1. The highest BCUT2D eigenvalue weighted by Crippen LogP contribution is 2.32. The van der Waals surface area contributed by atoms with Gasteiger partial charge in [0.05, 0.1) is 16.1 Å². The minimum atomic E-state index is -0.537. The summed E-state index contributed by atoms with van der Waals surface area (Å²) in [5.41, 5.74) is 6.90. The van der Waals surface area contributed by atoms with Gasteiger partial charge in [-0.15, -0.1) is 0 Å². The third-order valence-electron chi connectivity index (χ3n) is 4.01. The number of anilines is 2. The van der Waals surface area contributed by atoms with Crippen molar-refractivity contribution in [2.75, 3.05) is 44.1 Å². The Balaban J connectivity index is 2.13. The Hall–Kier alpha value is -1.30. The molecule has 1 saturated heterocycles. The maximum atomic E-state index is 12.6. The van der Waals surface area contributed by atoms with E-state index < -0.39 is 5.41 Å². The van der Waals surface area contributed by atoms with Crippen LogP contribution < -0.4 is 16.0 Å². The van der Waals surface area contributed by atoms with E-state index in [0.29, 0.717) is 43.3 Å². The van der Waals surface area contributed by atoms with Gasteiger partial charge in [0.2, 0.25) is 5.91 Å². The number of rotatable bonds is 4. The lowest BCUT2D eigenvalue weighted by atomic mass is 9.79. The van der Waals surface area contributed by atoms with Crippen LogP contribution in [0.2, 0.25) is 5.02 Å². The van der Waals surface area contributed by atoms with Gasteiger partial charge in [0.15, 0.2) is 0 Å². The Bertz CT molecular complexity index is 514. The van der Waals surface area contributed by atoms with Gasteiger partial charge in [0.1, 0.15) is 0 Å². The monoisotopic (exact) mass is 311 g/mol. The molecule has 3 N–H and O–H groups in total. The molecule has 5 nitrogen and oxygen atoms in total. The van der Waals surface area contributed by atoms with Crippen LogP contribution in [0.4, 0.5) is 11.4 Å². The summed E-state index contributed by atoms with van der Waals surface area (Å²) in [6.07, 6.45) is 1.30. The first-order valence-electron chi connectivity index (χ1n) is 7.05. The van der Waals surface area contributed by atoms with Gasteiger partial charge in [-0.05, 0) is 31.0 Å². The maximum Gasteiger partial charge on any atom is 0.232 e. The zero-order valence-electron chi connectivity index (χ0n) is 12.5. The van der Waals surface area contributed by atoms with Gasteiger partial charge in [0, 0.05) is 39.5 Å². The molecule has 1 aliphatic heterocycles. The van der Waals surface area contributed by atoms with Crippen molar-refractivity contribution in [3.63, 3.8) is 0 Å². The fourth-order valence-electron chi connectivity index (χ4n) is 2.50. The van der Waals surface area contributed by atoms with Crippen molar-refractivity contribution in [3.8, 4) is 0 Å². The zero-order valence-corrected chi connectivity index (χ0v) is 13.2. The van der Waals surface area contributed by atoms with Crippen LogP contribution >= 0.6 is 11.6 Å². The Morgan fingerprint density at radius 1 is 1.43 bits per heavy atom. The van der Waals surface area contributed by atoms with Crippen molar-refractivity contribution in [2.24, 2.45) is 11.1 Å². The minimum Gasteiger partial charge on any atom is -0.381 e. The molecule has 0 aromatic heterocycles. The molecule has 1 aliphatic rings. The van der Waals surface area contributed by atoms with Gasteiger partial charge < -0.3 is 20.7 Å². The van der Waals surface area contributed by atoms with E-state index in [0.717, 1.165) is 5.69 Å². The molecule has 0 spiro atoms. The lowest BCUT2D eigenvalue weighted by molar-refractivity contribution is -0.130. The number of nitrogens with one attached hydrogen (secondary N) is 1. The smallest absolute Gasteiger partial charge is 0.232 e. The first kappa shape index (κ1) is 16.1. The maximum absolute atomic E-state index is 12.6. The van der Waals surface area contributed by atoms with E-state index in [1.54, 1.807) is 6.07 Å². The van der Waals surface area contributed by atoms with Crippen LogP contribution in [0, 0.1) is 5.41 Å². The van der Waals surface area contributed by atoms with E-state index in [1.165, 1.54) is 0 Å². The molecule has 1 aromatic carbocycles. The number of benzene rings is 1. The molecule has 0 atom stereocenters. The summed E-state index contributed by atoms with van der Waals surface area (Å²) in [5.74, 6) is -0.0537. The molecule has 0 saturated carbocycles. The lowest BCUT2D eigenvalue weighted by Gasteiger charge is -2.34. The molecule has 0 radical (unpaired) electrons. The SMILES string of the molecule is CN(C)c1ccc(NC(=O)C2(CN)CCOCC2)cc1Cl. The first-order chi connectivity index (χ1) is 9.98. The number of hydrogen-bond donors (Lipinski definition) is 2. The number of carbonyl (C=O) groups is 1. The Morgan fingerprint density at radius 3 is 2.62 bits per heavy atom. The van der Waals surface area contributed by atoms with Gasteiger partial charge >= 0.3 is 0 Å². The number of carbonyl (C=O) groups excluding carboxylic acids is 1. The summed E-state index contributed by atoms with van der Waals surface area (Å²) in [7, 11) is 3.84. The third kappa shape index (κ3) is 3.48. The first-order valence-corrected chi connectivity index (χ1v) is 7.42. The van der Waals surface area contributed by atoms with Gasteiger partial charge in [-0.2, -0.15) is 0 Å². The molecule has 6 heteroatoms. The van der Waals surface area contributed by atoms with Crippen molar-refractivity contribution >= 4 is 28.9 Å². The summed E-state index contributed by atoms with van der Waals surface area (Å²) in [5, 5.41) is 3.54. The number of halogens is 1. The van der Waals surface area contributed by atoms with Crippen molar-refractivity contribution in [1.82, 2.24) is 0 Å². The largest absolute Gasteiger partial charge is 0.381 e. The standard InChI is InChI=1S/C15H22ClN3O2/c1-19(2)13-4-3-11(9-12(13)16)18-14(20)15(10-17)5-7-21-8-6-15/h3-4,9H,5-8,10,17H2,1-2H3,(H,18,20). The molecular weight excluding hydrogens is 290 g/mol. The summed E-state index contributed by atoms with van der Waals surface area (Å²) in [6, 6.07) is 5.50. The molecule has 1 heterocycles. The van der Waals surface area contributed by atoms with Gasteiger partial charge in [0.25, 0.3) is 0 Å². The summed E-state index contributed by atoms with van der Waals surface area (Å²) in [4.78, 5) is 14.5. The molecule has 21 heavy (non-hydrogen) atoms. The van der Waals surface area contributed by atoms with Crippen molar-refractivity contribution in [1.29, 1.82) is 0 Å². The van der Waals surface area contributed by atoms with Crippen LogP contribution in [0.5, 0.6) is 0 Å². The number of nitrogens with two attached hydrogens (primary N) is 1. The molecule has 0 bridgehead atoms. The number of hydrogen-bond acceptors (Lipinski definition) is 4. The second-order valence-electron chi connectivity index (χ2n) is 5.61. The van der Waals surface area contributed by atoms with Crippen LogP contribution in [0.25, 0.3) is 0 Å². The average molecular weight is 312 g/mol. The second-order valence-corrected chi connectivity index (χ2v) is 6.02. The fraction of sp³-hybridized carbons (Fsp3) is 0.533. The van der Waals surface area contributed by atoms with E-state index >= 15 is 0 Å². The van der Waals surface area contributed by atoms with E-state index in [9.17, 15) is 4.79 Å². The van der Waals surface area contributed by atoms with Crippen LogP contribution in [-0.4, -0.2) is 39.8 Å². The van der Waals surface area contributed by atoms with Crippen LogP contribution in [-0.2, 0) is 9.53 Å². The third-order valence-corrected chi connectivity index (χ3v) is 4.31. The summed E-state index contributed by atoms with van der Waals surface area (Å²) >= 11 is 6.22. The quantitative estimate of drug-likeness (QED) is 0.893. The van der Waals surface area contributed by atoms with Gasteiger partial charge in [-0.1, -0.05) is 11.6 Å². The highest BCUT2D eigenvalue weighted by atomic mass is 35.5. The van der Waals surface area contributed by atoms with E-state index in [1.807, 2.05) is 31.1 Å². The highest BCUT2D eigenvalue weighted by Gasteiger charge is 2.38. The molecule has 2 rings (SSSR count). The fourth-order valence-corrected chi connectivity index (χ4v) is 2.85. The van der Waals surface area contributed by atoms with Gasteiger partial charge in [-0.3, -0.25) is 4.79 Å². The van der Waals surface area contributed by atoms with Crippen molar-refractivity contribution in [2.45, 2.75) is 12.8 Å². The van der Waals surface area contributed by atoms with Crippen LogP contribution in [0.15, 0.2) is 18.2 Å². The van der Waals surface area contributed by atoms with Crippen molar-refractivity contribution in [3.05, 3.63) is 23.2 Å². The molecule has 116 valence electrons. The van der Waals surface area contributed by atoms with E-state index in [4.69, 9.17) is 22.1 Å². The molecule has 1 aromatic rings. The predicted molar refractivity (Wildman–Crippen MR) is 85.9 cm³/mol. The molecule has 1 fully saturated rings. The predicted octanol–water partition coefficient (Wildman–Crippen LogP) is 2.10. The molecule has 0 aliphatic carbocycles. The lowest BCUT2D eigenvalue weighted by Crippen LogP contribution is -2.46. The van der Waals surface area contributed by atoms with Crippen molar-refractivity contribution < 1.29 is 9.53 Å². The minimum absolute atomic E-state index is 0.0537. The van der Waals surface area contributed by atoms with Gasteiger partial charge in [-0.25, -0.2) is 0 Å². The molecular formula is C15H22ClN3O2. The zero-order chi connectivity index (χ0) is 15.5. The summed E-state index contributed by atoms with van der Waals surface area (Å²) in [6.45, 7) is 1.47. The second kappa shape index (κ2) is 6.64. The molecule has 0 unspecified atom stereocenters. The Morgan fingerprint density at radius 2 is 2.10 bits per heavy atom. The summed E-state index contributed by atoms with van der Waals surface area (Å²) < 4.78 is 5.33. The number of ether oxygens (including phenoxy) is 1. The topological polar surface area (TPSA) is 67.6 Å². The van der Waals surface area contributed by atoms with Crippen LogP contribution in [0.3, 0.4) is 0 Å². The van der Waals surface area contributed by atoms with E-state index in [2.05, 4.69) is 5.32 Å². The molecule has 1 amide bonds. The highest BCUT2D eigenvalue weighted by molar-refractivity contribution is 6.33.